The molecule has 2 aromatic rings. The molecule has 3 nitrogen and oxygen atoms in total. The molecular weight excluding hydrogens is 284 g/mol. The van der Waals surface area contributed by atoms with E-state index in [0.717, 1.165) is 37.0 Å². The topological polar surface area (TPSA) is 28.2 Å². The zero-order valence-electron chi connectivity index (χ0n) is 12.1. The molecule has 1 aromatic carbocycles. The number of pyridine rings is 1. The van der Waals surface area contributed by atoms with E-state index in [1.165, 1.54) is 12.5 Å². The Labute approximate surface area is 128 Å². The molecule has 114 valence electrons. The summed E-state index contributed by atoms with van der Waals surface area (Å²) in [6.45, 7) is 3.07. The van der Waals surface area contributed by atoms with Gasteiger partial charge in [-0.15, -0.1) is 0 Å². The maximum absolute atomic E-state index is 13.4. The highest BCUT2D eigenvalue weighted by atomic mass is 19.2. The smallest absolute Gasteiger partial charge is 0.159 e. The molecule has 1 N–H and O–H groups in total. The Hall–Kier alpha value is -2.01. The molecule has 2 aliphatic heterocycles. The summed E-state index contributed by atoms with van der Waals surface area (Å²) in [6, 6.07) is 6.51. The third kappa shape index (κ3) is 2.46. The van der Waals surface area contributed by atoms with Gasteiger partial charge in [0.15, 0.2) is 11.6 Å². The maximum Gasteiger partial charge on any atom is 0.159 e. The molecule has 2 aliphatic rings. The second-order valence-electron chi connectivity index (χ2n) is 6.17. The van der Waals surface area contributed by atoms with Crippen molar-refractivity contribution >= 4 is 5.69 Å². The van der Waals surface area contributed by atoms with Crippen molar-refractivity contribution < 1.29 is 8.78 Å². The largest absolute Gasteiger partial charge is 0.368 e. The Morgan fingerprint density at radius 2 is 1.95 bits per heavy atom. The summed E-state index contributed by atoms with van der Waals surface area (Å²) in [4.78, 5) is 6.61. The summed E-state index contributed by atoms with van der Waals surface area (Å²) in [5.41, 5.74) is 2.49. The Bertz CT molecular complexity index is 692. The van der Waals surface area contributed by atoms with Gasteiger partial charge in [-0.25, -0.2) is 8.78 Å². The number of aromatic nitrogens is 1. The number of fused-ring (bicyclic) bond motifs is 2. The normalized spacial score (nSPS) is 23.8. The van der Waals surface area contributed by atoms with E-state index in [0.29, 0.717) is 17.5 Å². The van der Waals surface area contributed by atoms with Gasteiger partial charge in [-0.05, 0) is 36.1 Å². The lowest BCUT2D eigenvalue weighted by Crippen LogP contribution is -2.41. The van der Waals surface area contributed by atoms with Crippen LogP contribution in [0.5, 0.6) is 0 Å². The van der Waals surface area contributed by atoms with E-state index in [9.17, 15) is 8.78 Å². The summed E-state index contributed by atoms with van der Waals surface area (Å²) < 4.78 is 26.5. The van der Waals surface area contributed by atoms with Crippen molar-refractivity contribution in [3.8, 4) is 11.1 Å². The molecule has 22 heavy (non-hydrogen) atoms. The van der Waals surface area contributed by atoms with Crippen LogP contribution in [0.2, 0.25) is 0 Å². The minimum absolute atomic E-state index is 0.547. The number of nitrogens with zero attached hydrogens (tertiary/aromatic N) is 2. The molecular formula is C17H17F2N3. The zero-order valence-corrected chi connectivity index (χ0v) is 12.1. The Morgan fingerprint density at radius 3 is 2.77 bits per heavy atom. The van der Waals surface area contributed by atoms with Crippen LogP contribution in [-0.4, -0.2) is 30.7 Å². The lowest BCUT2D eigenvalue weighted by molar-refractivity contribution is 0.474. The molecule has 2 bridgehead atoms. The van der Waals surface area contributed by atoms with Gasteiger partial charge in [0.1, 0.15) is 0 Å². The lowest BCUT2D eigenvalue weighted by atomic mass is 9.99. The van der Waals surface area contributed by atoms with E-state index in [-0.39, 0.29) is 0 Å². The van der Waals surface area contributed by atoms with Gasteiger partial charge < -0.3 is 10.2 Å². The molecule has 2 saturated heterocycles. The second kappa shape index (κ2) is 5.32. The van der Waals surface area contributed by atoms with Gasteiger partial charge in [0.25, 0.3) is 0 Å². The van der Waals surface area contributed by atoms with E-state index >= 15 is 0 Å². The third-order valence-corrected chi connectivity index (χ3v) is 4.57. The van der Waals surface area contributed by atoms with Gasteiger partial charge in [-0.3, -0.25) is 4.98 Å². The summed E-state index contributed by atoms with van der Waals surface area (Å²) in [7, 11) is 0. The average Bonchev–Trinajstić information content (AvgIpc) is 2.88. The van der Waals surface area contributed by atoms with E-state index in [2.05, 4.69) is 15.2 Å². The van der Waals surface area contributed by atoms with Crippen molar-refractivity contribution in [2.45, 2.75) is 12.5 Å². The van der Waals surface area contributed by atoms with Crippen molar-refractivity contribution in [3.63, 3.8) is 0 Å². The number of halogens is 2. The summed E-state index contributed by atoms with van der Waals surface area (Å²) in [5.74, 6) is -0.972. The molecule has 2 atom stereocenters. The first-order valence-electron chi connectivity index (χ1n) is 7.58. The van der Waals surface area contributed by atoms with Crippen molar-refractivity contribution in [1.82, 2.24) is 10.3 Å². The summed E-state index contributed by atoms with van der Waals surface area (Å²) in [5, 5.41) is 3.52. The third-order valence-electron chi connectivity index (χ3n) is 4.57. The number of rotatable bonds is 2. The van der Waals surface area contributed by atoms with Crippen molar-refractivity contribution in [2.24, 2.45) is 5.92 Å². The molecule has 4 rings (SSSR count). The highest BCUT2D eigenvalue weighted by Crippen LogP contribution is 2.29. The molecule has 0 radical (unpaired) electrons. The number of anilines is 1. The average molecular weight is 301 g/mol. The molecule has 5 heteroatoms. The van der Waals surface area contributed by atoms with Crippen LogP contribution in [0.1, 0.15) is 6.42 Å². The minimum Gasteiger partial charge on any atom is -0.368 e. The quantitative estimate of drug-likeness (QED) is 0.924. The van der Waals surface area contributed by atoms with Crippen LogP contribution in [0.3, 0.4) is 0 Å². The number of piperidine rings is 1. The first-order valence-corrected chi connectivity index (χ1v) is 7.58. The predicted octanol–water partition coefficient (Wildman–Crippen LogP) is 2.82. The molecule has 0 saturated carbocycles. The number of benzene rings is 1. The molecule has 3 heterocycles. The fourth-order valence-corrected chi connectivity index (χ4v) is 3.48. The minimum atomic E-state index is -0.830. The molecule has 1 aromatic heterocycles. The number of hydrogen-bond acceptors (Lipinski definition) is 3. The highest BCUT2D eigenvalue weighted by Gasteiger charge is 2.32. The van der Waals surface area contributed by atoms with E-state index in [4.69, 9.17) is 0 Å². The van der Waals surface area contributed by atoms with Gasteiger partial charge >= 0.3 is 0 Å². The standard InChI is InChI=1S/C17H17F2N3/c18-16-2-1-12(5-17(16)19)13-4-15(8-20-7-13)22-9-11-3-14(10-22)21-6-11/h1-2,4-5,7-8,11,14,21H,3,6,9-10H2. The molecule has 0 amide bonds. The highest BCUT2D eigenvalue weighted by molar-refractivity contribution is 5.67. The Morgan fingerprint density at radius 1 is 1.05 bits per heavy atom. The van der Waals surface area contributed by atoms with Gasteiger partial charge in [0.2, 0.25) is 0 Å². The van der Waals surface area contributed by atoms with Gasteiger partial charge in [0, 0.05) is 37.4 Å². The number of hydrogen-bond donors (Lipinski definition) is 1. The monoisotopic (exact) mass is 301 g/mol. The molecule has 0 aliphatic carbocycles. The van der Waals surface area contributed by atoms with Crippen molar-refractivity contribution in [3.05, 3.63) is 48.3 Å². The maximum atomic E-state index is 13.4. The van der Waals surface area contributed by atoms with Crippen LogP contribution in [0.4, 0.5) is 14.5 Å². The van der Waals surface area contributed by atoms with Crippen LogP contribution >= 0.6 is 0 Å². The zero-order chi connectivity index (χ0) is 15.1. The molecule has 2 fully saturated rings. The summed E-state index contributed by atoms with van der Waals surface area (Å²) in [6.07, 6.45) is 4.77. The van der Waals surface area contributed by atoms with Crippen LogP contribution in [0, 0.1) is 17.6 Å². The van der Waals surface area contributed by atoms with E-state index in [1.54, 1.807) is 12.3 Å². The van der Waals surface area contributed by atoms with Crippen LogP contribution in [-0.2, 0) is 0 Å². The first-order chi connectivity index (χ1) is 10.7. The Kier molecular flexibility index (Phi) is 3.30. The fourth-order valence-electron chi connectivity index (χ4n) is 3.48. The molecule has 2 unspecified atom stereocenters. The van der Waals surface area contributed by atoms with Crippen LogP contribution in [0.15, 0.2) is 36.7 Å². The van der Waals surface area contributed by atoms with Gasteiger partial charge in [-0.2, -0.15) is 0 Å². The fraction of sp³-hybridized carbons (Fsp3) is 0.353. The van der Waals surface area contributed by atoms with Crippen LogP contribution in [0.25, 0.3) is 11.1 Å². The van der Waals surface area contributed by atoms with E-state index in [1.807, 2.05) is 12.3 Å². The molecule has 0 spiro atoms. The number of nitrogens with one attached hydrogen (secondary N) is 1. The van der Waals surface area contributed by atoms with Crippen LogP contribution < -0.4 is 10.2 Å². The van der Waals surface area contributed by atoms with Crippen molar-refractivity contribution in [1.29, 1.82) is 0 Å². The first kappa shape index (κ1) is 13.6. The van der Waals surface area contributed by atoms with Gasteiger partial charge in [-0.1, -0.05) is 6.07 Å². The Balaban J connectivity index is 1.64. The summed E-state index contributed by atoms with van der Waals surface area (Å²) >= 11 is 0. The van der Waals surface area contributed by atoms with E-state index < -0.39 is 11.6 Å². The van der Waals surface area contributed by atoms with Gasteiger partial charge in [0.05, 0.1) is 11.9 Å². The lowest BCUT2D eigenvalue weighted by Gasteiger charge is -2.32. The van der Waals surface area contributed by atoms with Crippen molar-refractivity contribution in [2.75, 3.05) is 24.5 Å². The second-order valence-corrected chi connectivity index (χ2v) is 6.17. The SMILES string of the molecule is Fc1ccc(-c2cncc(N3CC4CNC(C4)C3)c2)cc1F. The predicted molar refractivity (Wildman–Crippen MR) is 81.7 cm³/mol.